The average Bonchev–Trinajstić information content (AvgIpc) is 3.73. The van der Waals surface area contributed by atoms with Crippen LogP contribution in [0.5, 0.6) is 0 Å². The second-order valence-electron chi connectivity index (χ2n) is 10.1. The standard InChI is InChI=1S/C21H25N9O12P2/c22-8-2-1-3-9-12(8)27-28-30(9)21-17-14(31)10(39-21)4-37-43(33,34)41-16-11(5-38-44(35,36)42-17)40-20(15(16)32)29-7-26-13-18(23)24-6-25-19(13)29/h1-3,6-7,10-11,14-17,20-21,31-32H,4-5,22H2,(H,33,34)(H,35,36)(H2,23,24,25)/t10?,11-,14-,15-,16-,17-,20-,21-/m1/s1. The SMILES string of the molecule is Nc1ncnc2c1ncn2[C@@H]1O[C@@H]2COP(=O)(O)O[C@@H]3[C@H](O)C(COP(=O)(O)O[C@H]2[C@H]1O)O[C@H]3n1nnc2c(N)cccc21. The van der Waals surface area contributed by atoms with E-state index < -0.39 is 77.9 Å². The van der Waals surface area contributed by atoms with Gasteiger partial charge < -0.3 is 40.9 Å². The van der Waals surface area contributed by atoms with Gasteiger partial charge in [0, 0.05) is 0 Å². The molecule has 7 rings (SSSR count). The maximum Gasteiger partial charge on any atom is 0.472 e. The van der Waals surface area contributed by atoms with Crippen LogP contribution >= 0.6 is 15.6 Å². The minimum absolute atomic E-state index is 0.0507. The van der Waals surface area contributed by atoms with E-state index in [1.807, 2.05) is 0 Å². The van der Waals surface area contributed by atoms with Crippen LogP contribution in [0.15, 0.2) is 30.9 Å². The molecule has 3 unspecified atom stereocenters. The highest BCUT2D eigenvalue weighted by Crippen LogP contribution is 2.53. The molecule has 0 aliphatic carbocycles. The second-order valence-corrected chi connectivity index (χ2v) is 12.9. The van der Waals surface area contributed by atoms with Crippen molar-refractivity contribution in [2.24, 2.45) is 0 Å². The van der Waals surface area contributed by atoms with E-state index in [0.29, 0.717) is 5.52 Å². The Kier molecular flexibility index (Phi) is 7.20. The molecule has 44 heavy (non-hydrogen) atoms. The van der Waals surface area contributed by atoms with Crippen molar-refractivity contribution in [1.82, 2.24) is 34.5 Å². The molecule has 21 nitrogen and oxygen atoms in total. The topological polar surface area (TPSA) is 297 Å². The molecule has 236 valence electrons. The van der Waals surface area contributed by atoms with Gasteiger partial charge in [-0.15, -0.1) is 5.10 Å². The first kappa shape index (κ1) is 29.5. The number of fused-ring (bicyclic) bond motifs is 5. The zero-order valence-electron chi connectivity index (χ0n) is 22.2. The summed E-state index contributed by atoms with van der Waals surface area (Å²) in [5.41, 5.74) is 13.1. The summed E-state index contributed by atoms with van der Waals surface area (Å²) >= 11 is 0. The quantitative estimate of drug-likeness (QED) is 0.111. The molecule has 3 aliphatic rings. The number of nitrogen functional groups attached to an aromatic ring is 2. The molecular formula is C21H25N9O12P2. The van der Waals surface area contributed by atoms with Gasteiger partial charge in [-0.2, -0.15) is 0 Å². The number of aliphatic hydroxyl groups is 2. The van der Waals surface area contributed by atoms with E-state index in [4.69, 9.17) is 39.0 Å². The van der Waals surface area contributed by atoms with Crippen LogP contribution in [-0.4, -0.2) is 104 Å². The lowest BCUT2D eigenvalue weighted by Gasteiger charge is -2.25. The Morgan fingerprint density at radius 3 is 2.34 bits per heavy atom. The maximum atomic E-state index is 13.2. The average molecular weight is 657 g/mol. The lowest BCUT2D eigenvalue weighted by Crippen LogP contribution is -2.36. The van der Waals surface area contributed by atoms with Crippen molar-refractivity contribution >= 4 is 49.3 Å². The molecule has 0 amide bonds. The van der Waals surface area contributed by atoms with Gasteiger partial charge in [-0.3, -0.25) is 22.7 Å². The third-order valence-corrected chi connectivity index (χ3v) is 9.34. The Morgan fingerprint density at radius 2 is 1.57 bits per heavy atom. The van der Waals surface area contributed by atoms with E-state index in [-0.39, 0.29) is 28.2 Å². The van der Waals surface area contributed by atoms with Crippen molar-refractivity contribution in [1.29, 1.82) is 0 Å². The van der Waals surface area contributed by atoms with Crippen LogP contribution in [-0.2, 0) is 36.7 Å². The van der Waals surface area contributed by atoms with Crippen LogP contribution in [0, 0.1) is 0 Å². The van der Waals surface area contributed by atoms with Crippen molar-refractivity contribution in [2.45, 2.75) is 49.1 Å². The van der Waals surface area contributed by atoms with E-state index in [0.717, 1.165) is 6.33 Å². The summed E-state index contributed by atoms with van der Waals surface area (Å²) in [6.45, 7) is -1.55. The fourth-order valence-corrected chi connectivity index (χ4v) is 7.21. The number of aliphatic hydroxyl groups excluding tert-OH is 2. The monoisotopic (exact) mass is 657 g/mol. The number of phosphoric acid groups is 2. The highest BCUT2D eigenvalue weighted by molar-refractivity contribution is 7.47. The molecule has 23 heteroatoms. The Balaban J connectivity index is 1.20. The molecule has 3 saturated heterocycles. The van der Waals surface area contributed by atoms with Gasteiger partial charge in [0.05, 0.1) is 30.7 Å². The molecule has 3 aliphatic heterocycles. The lowest BCUT2D eigenvalue weighted by molar-refractivity contribution is -0.0706. The summed E-state index contributed by atoms with van der Waals surface area (Å²) in [4.78, 5) is 33.3. The van der Waals surface area contributed by atoms with Crippen molar-refractivity contribution in [3.63, 3.8) is 0 Å². The predicted octanol–water partition coefficient (Wildman–Crippen LogP) is -1.03. The molecule has 0 radical (unpaired) electrons. The number of nitrogens with zero attached hydrogens (tertiary/aromatic N) is 7. The molecule has 6 heterocycles. The molecule has 0 saturated carbocycles. The number of anilines is 2. The third-order valence-electron chi connectivity index (χ3n) is 7.37. The molecule has 4 aromatic rings. The van der Waals surface area contributed by atoms with Gasteiger partial charge in [-0.25, -0.2) is 28.8 Å². The molecule has 8 N–H and O–H groups in total. The lowest BCUT2D eigenvalue weighted by atomic mass is 10.1. The smallest absolute Gasteiger partial charge is 0.397 e. The first-order valence-corrected chi connectivity index (χ1v) is 15.9. The van der Waals surface area contributed by atoms with Gasteiger partial charge >= 0.3 is 15.6 Å². The summed E-state index contributed by atoms with van der Waals surface area (Å²) in [5, 5.41) is 30.1. The molecular weight excluding hydrogens is 632 g/mol. The van der Waals surface area contributed by atoms with Crippen molar-refractivity contribution in [3.8, 4) is 0 Å². The van der Waals surface area contributed by atoms with Gasteiger partial charge in [0.25, 0.3) is 0 Å². The molecule has 1 aromatic carbocycles. The fraction of sp³-hybridized carbons (Fsp3) is 0.476. The minimum atomic E-state index is -5.04. The van der Waals surface area contributed by atoms with Crippen LogP contribution < -0.4 is 11.5 Å². The zero-order chi connectivity index (χ0) is 31.0. The van der Waals surface area contributed by atoms with Gasteiger partial charge in [-0.1, -0.05) is 11.3 Å². The normalized spacial score (nSPS) is 38.3. The summed E-state index contributed by atoms with van der Waals surface area (Å²) < 4.78 is 61.3. The Morgan fingerprint density at radius 1 is 0.864 bits per heavy atom. The Hall–Kier alpha value is -3.17. The number of benzene rings is 1. The van der Waals surface area contributed by atoms with E-state index in [2.05, 4.69) is 25.3 Å². The van der Waals surface area contributed by atoms with Gasteiger partial charge in [0.1, 0.15) is 54.0 Å². The number of phosphoric ester groups is 2. The Labute approximate surface area is 245 Å². The van der Waals surface area contributed by atoms with Crippen LogP contribution in [0.25, 0.3) is 22.2 Å². The van der Waals surface area contributed by atoms with Crippen molar-refractivity contribution in [3.05, 3.63) is 30.9 Å². The van der Waals surface area contributed by atoms with Gasteiger partial charge in [0.2, 0.25) is 0 Å². The second kappa shape index (κ2) is 10.7. The van der Waals surface area contributed by atoms with Gasteiger partial charge in [0.15, 0.2) is 23.9 Å². The maximum absolute atomic E-state index is 13.2. The molecule has 3 fully saturated rings. The summed E-state index contributed by atoms with van der Waals surface area (Å²) in [6, 6.07) is 4.79. The highest BCUT2D eigenvalue weighted by atomic mass is 31.2. The number of nitrogens with two attached hydrogens (primary N) is 2. The van der Waals surface area contributed by atoms with Crippen molar-refractivity contribution < 1.29 is 56.7 Å². The molecule has 10 atom stereocenters. The molecule has 3 aromatic heterocycles. The van der Waals surface area contributed by atoms with E-state index in [1.54, 1.807) is 18.2 Å². The van der Waals surface area contributed by atoms with E-state index >= 15 is 0 Å². The minimum Gasteiger partial charge on any atom is -0.397 e. The van der Waals surface area contributed by atoms with Gasteiger partial charge in [-0.05, 0) is 12.1 Å². The first-order valence-electron chi connectivity index (χ1n) is 12.9. The van der Waals surface area contributed by atoms with Crippen LogP contribution in [0.2, 0.25) is 0 Å². The summed E-state index contributed by atoms with van der Waals surface area (Å²) in [6.07, 6.45) is -9.78. The number of hydrogen-bond donors (Lipinski definition) is 6. The number of imidazole rings is 1. The summed E-state index contributed by atoms with van der Waals surface area (Å²) in [5.74, 6) is 0.0507. The Bertz CT molecular complexity index is 1820. The fourth-order valence-electron chi connectivity index (χ4n) is 5.31. The number of ether oxygens (including phenoxy) is 2. The van der Waals surface area contributed by atoms with Crippen LogP contribution in [0.4, 0.5) is 11.5 Å². The van der Waals surface area contributed by atoms with Crippen LogP contribution in [0.1, 0.15) is 12.5 Å². The van der Waals surface area contributed by atoms with E-state index in [1.165, 1.54) is 15.6 Å². The van der Waals surface area contributed by atoms with Crippen molar-refractivity contribution in [2.75, 3.05) is 24.7 Å². The molecule has 2 bridgehead atoms. The zero-order valence-corrected chi connectivity index (χ0v) is 23.9. The number of rotatable bonds is 2. The highest BCUT2D eigenvalue weighted by Gasteiger charge is 2.54. The first-order chi connectivity index (χ1) is 20.9. The largest absolute Gasteiger partial charge is 0.472 e. The number of aromatic nitrogens is 7. The number of hydrogen-bond acceptors (Lipinski definition) is 17. The van der Waals surface area contributed by atoms with E-state index in [9.17, 15) is 29.1 Å². The predicted molar refractivity (Wildman–Crippen MR) is 143 cm³/mol. The molecule has 0 spiro atoms. The summed E-state index contributed by atoms with van der Waals surface area (Å²) in [7, 11) is -10.1. The van der Waals surface area contributed by atoms with Crippen LogP contribution in [0.3, 0.4) is 0 Å². The third kappa shape index (κ3) is 5.06.